The average molecular weight is 422 g/mol. The van der Waals surface area contributed by atoms with Gasteiger partial charge < -0.3 is 9.47 Å². The van der Waals surface area contributed by atoms with Gasteiger partial charge in [0.2, 0.25) is 5.12 Å². The van der Waals surface area contributed by atoms with Crippen LogP contribution in [0.5, 0.6) is 0 Å². The van der Waals surface area contributed by atoms with Gasteiger partial charge in [-0.25, -0.2) is 4.79 Å². The smallest absolute Gasteiger partial charge is 0.329 e. The number of hydrogen-bond donors (Lipinski definition) is 1. The lowest BCUT2D eigenvalue weighted by Gasteiger charge is -2.34. The summed E-state index contributed by atoms with van der Waals surface area (Å²) in [5, 5.41) is 3.38. The monoisotopic (exact) mass is 421 g/mol. The molecule has 0 radical (unpaired) electrons. The van der Waals surface area contributed by atoms with Gasteiger partial charge in [-0.2, -0.15) is 0 Å². The molecule has 1 aromatic rings. The van der Waals surface area contributed by atoms with Crippen molar-refractivity contribution in [2.45, 2.75) is 89.3 Å². The molecule has 0 aliphatic carbocycles. The van der Waals surface area contributed by atoms with Crippen LogP contribution in [-0.4, -0.2) is 39.8 Å². The number of esters is 1. The van der Waals surface area contributed by atoms with Gasteiger partial charge in [0.1, 0.15) is 16.9 Å². The first-order valence-corrected chi connectivity index (χ1v) is 11.3. The van der Waals surface area contributed by atoms with E-state index < -0.39 is 16.9 Å². The largest absolute Gasteiger partial charge is 0.459 e. The summed E-state index contributed by atoms with van der Waals surface area (Å²) >= 11 is 1.32. The lowest BCUT2D eigenvalue weighted by molar-refractivity contribution is -0.163. The van der Waals surface area contributed by atoms with Crippen LogP contribution in [0.4, 0.5) is 0 Å². The van der Waals surface area contributed by atoms with Crippen molar-refractivity contribution in [2.24, 2.45) is 0 Å². The molecule has 5 nitrogen and oxygen atoms in total. The molecule has 29 heavy (non-hydrogen) atoms. The maximum atomic E-state index is 13.2. The minimum atomic E-state index is -0.959. The second-order valence-electron chi connectivity index (χ2n) is 9.25. The Kier molecular flexibility index (Phi) is 7.93. The molecule has 0 unspecified atom stereocenters. The van der Waals surface area contributed by atoms with Gasteiger partial charge in [-0.05, 0) is 47.5 Å². The number of carbonyl (C=O) groups excluding carboxylic acids is 2. The first-order chi connectivity index (χ1) is 13.5. The summed E-state index contributed by atoms with van der Waals surface area (Å²) in [6.45, 7) is 11.8. The molecule has 6 heteroatoms. The van der Waals surface area contributed by atoms with Gasteiger partial charge in [-0.3, -0.25) is 10.1 Å². The number of ether oxygens (including phenoxy) is 2. The summed E-state index contributed by atoms with van der Waals surface area (Å²) < 4.78 is 11.6. The van der Waals surface area contributed by atoms with Crippen LogP contribution < -0.4 is 5.32 Å². The molecule has 1 heterocycles. The zero-order valence-electron chi connectivity index (χ0n) is 18.5. The van der Waals surface area contributed by atoms with Gasteiger partial charge in [0.15, 0.2) is 0 Å². The quantitative estimate of drug-likeness (QED) is 0.600. The van der Waals surface area contributed by atoms with Crippen LogP contribution in [0, 0.1) is 0 Å². The number of hydrogen-bond acceptors (Lipinski definition) is 6. The Morgan fingerprint density at radius 3 is 2.41 bits per heavy atom. The van der Waals surface area contributed by atoms with E-state index in [4.69, 9.17) is 9.47 Å². The molecular weight excluding hydrogens is 386 g/mol. The Bertz CT molecular complexity index is 699. The van der Waals surface area contributed by atoms with Crippen LogP contribution in [0.3, 0.4) is 0 Å². The SMILES string of the molecule is CCCC[C@@H](C[C@@]1(C(=O)OC(C)(C)C)COC(C)(C)N1)SC(=O)c1ccccc1. The van der Waals surface area contributed by atoms with Crippen LogP contribution in [-0.2, 0) is 14.3 Å². The van der Waals surface area contributed by atoms with Crippen molar-refractivity contribution in [3.05, 3.63) is 35.9 Å². The van der Waals surface area contributed by atoms with E-state index in [0.717, 1.165) is 19.3 Å². The van der Waals surface area contributed by atoms with Crippen molar-refractivity contribution in [1.29, 1.82) is 0 Å². The van der Waals surface area contributed by atoms with Crippen LogP contribution in [0.25, 0.3) is 0 Å². The van der Waals surface area contributed by atoms with Gasteiger partial charge in [-0.1, -0.05) is 61.9 Å². The number of carbonyl (C=O) groups is 2. The molecule has 0 bridgehead atoms. The predicted molar refractivity (Wildman–Crippen MR) is 118 cm³/mol. The summed E-state index contributed by atoms with van der Waals surface area (Å²) in [5.41, 5.74) is -1.49. The van der Waals surface area contributed by atoms with Gasteiger partial charge in [0.05, 0.1) is 6.61 Å². The Balaban J connectivity index is 2.23. The summed E-state index contributed by atoms with van der Waals surface area (Å²) in [6, 6.07) is 9.29. The topological polar surface area (TPSA) is 64.6 Å². The maximum Gasteiger partial charge on any atom is 0.329 e. The van der Waals surface area contributed by atoms with Gasteiger partial charge >= 0.3 is 5.97 Å². The van der Waals surface area contributed by atoms with Crippen LogP contribution in [0.15, 0.2) is 30.3 Å². The fourth-order valence-electron chi connectivity index (χ4n) is 3.45. The van der Waals surface area contributed by atoms with Gasteiger partial charge in [0.25, 0.3) is 0 Å². The summed E-state index contributed by atoms with van der Waals surface area (Å²) in [6.07, 6.45) is 3.36. The first kappa shape index (κ1) is 23.9. The summed E-state index contributed by atoms with van der Waals surface area (Å²) in [7, 11) is 0. The van der Waals surface area contributed by atoms with Crippen LogP contribution in [0.2, 0.25) is 0 Å². The van der Waals surface area contributed by atoms with Crippen molar-refractivity contribution >= 4 is 22.8 Å². The third-order valence-electron chi connectivity index (χ3n) is 4.75. The molecule has 162 valence electrons. The van der Waals surface area contributed by atoms with E-state index in [2.05, 4.69) is 12.2 Å². The molecule has 2 atom stereocenters. The van der Waals surface area contributed by atoms with Crippen molar-refractivity contribution in [2.75, 3.05) is 6.61 Å². The fraction of sp³-hybridized carbons (Fsp3) is 0.652. The Morgan fingerprint density at radius 2 is 1.90 bits per heavy atom. The van der Waals surface area contributed by atoms with Crippen molar-refractivity contribution < 1.29 is 19.1 Å². The minimum absolute atomic E-state index is 0.0137. The number of benzene rings is 1. The molecule has 1 saturated heterocycles. The lowest BCUT2D eigenvalue weighted by atomic mass is 9.92. The van der Waals surface area contributed by atoms with E-state index >= 15 is 0 Å². The van der Waals surface area contributed by atoms with E-state index in [9.17, 15) is 9.59 Å². The molecule has 0 aromatic heterocycles. The zero-order valence-corrected chi connectivity index (χ0v) is 19.4. The first-order valence-electron chi connectivity index (χ1n) is 10.4. The molecule has 0 saturated carbocycles. The van der Waals surface area contributed by atoms with Crippen molar-refractivity contribution in [3.63, 3.8) is 0 Å². The molecule has 1 aliphatic heterocycles. The third-order valence-corrected chi connectivity index (χ3v) is 5.93. The van der Waals surface area contributed by atoms with E-state index in [1.54, 1.807) is 0 Å². The van der Waals surface area contributed by atoms with Gasteiger partial charge in [-0.15, -0.1) is 0 Å². The highest BCUT2D eigenvalue weighted by Gasteiger charge is 2.52. The molecule has 1 aliphatic rings. The zero-order chi connectivity index (χ0) is 21.7. The lowest BCUT2D eigenvalue weighted by Crippen LogP contribution is -2.57. The van der Waals surface area contributed by atoms with Crippen LogP contribution in [0.1, 0.15) is 77.6 Å². The van der Waals surface area contributed by atoms with Crippen molar-refractivity contribution in [1.82, 2.24) is 5.32 Å². The summed E-state index contributed by atoms with van der Waals surface area (Å²) in [4.78, 5) is 26.0. The highest BCUT2D eigenvalue weighted by Crippen LogP contribution is 2.35. The van der Waals surface area contributed by atoms with E-state index in [-0.39, 0.29) is 22.9 Å². The minimum Gasteiger partial charge on any atom is -0.459 e. The van der Waals surface area contributed by atoms with Gasteiger partial charge in [0, 0.05) is 10.8 Å². The van der Waals surface area contributed by atoms with E-state index in [1.807, 2.05) is 65.0 Å². The molecule has 1 N–H and O–H groups in total. The Hall–Kier alpha value is -1.37. The predicted octanol–water partition coefficient (Wildman–Crippen LogP) is 4.95. The molecule has 0 amide bonds. The van der Waals surface area contributed by atoms with Crippen LogP contribution >= 0.6 is 11.8 Å². The fourth-order valence-corrected chi connectivity index (χ4v) is 4.68. The van der Waals surface area contributed by atoms with E-state index in [1.165, 1.54) is 11.8 Å². The summed E-state index contributed by atoms with van der Waals surface area (Å²) in [5.74, 6) is -0.315. The van der Waals surface area contributed by atoms with Crippen molar-refractivity contribution in [3.8, 4) is 0 Å². The number of nitrogens with one attached hydrogen (secondary N) is 1. The Labute approximate surface area is 179 Å². The van der Waals surface area contributed by atoms with E-state index in [0.29, 0.717) is 12.0 Å². The molecule has 1 fully saturated rings. The Morgan fingerprint density at radius 1 is 1.24 bits per heavy atom. The maximum absolute atomic E-state index is 13.2. The third kappa shape index (κ3) is 7.12. The number of thioether (sulfide) groups is 1. The second kappa shape index (κ2) is 9.63. The normalized spacial score (nSPS) is 22.3. The average Bonchev–Trinajstić information content (AvgIpc) is 2.95. The molecule has 0 spiro atoms. The highest BCUT2D eigenvalue weighted by molar-refractivity contribution is 8.14. The molecule has 1 aromatic carbocycles. The number of unbranched alkanes of at least 4 members (excludes halogenated alkanes) is 1. The second-order valence-corrected chi connectivity index (χ2v) is 10.5. The highest BCUT2D eigenvalue weighted by atomic mass is 32.2. The number of rotatable bonds is 8. The molecule has 2 rings (SSSR count). The standard InChI is InChI=1S/C23H35NO4S/c1-7-8-14-18(29-19(25)17-12-10-9-11-13-17)15-23(16-27-22(5,6)24-23)20(26)28-21(2,3)4/h9-13,18,24H,7-8,14-16H2,1-6H3/t18-,23-/m0/s1. The molecular formula is C23H35NO4S.